The molecule has 0 atom stereocenters. The number of rotatable bonds is 5. The summed E-state index contributed by atoms with van der Waals surface area (Å²) in [4.78, 5) is 26.4. The highest BCUT2D eigenvalue weighted by molar-refractivity contribution is 5.83. The van der Waals surface area contributed by atoms with Gasteiger partial charge >= 0.3 is 6.03 Å². The lowest BCUT2D eigenvalue weighted by Crippen LogP contribution is -2.51. The van der Waals surface area contributed by atoms with Crippen LogP contribution in [0.15, 0.2) is 24.3 Å². The molecule has 0 aromatic heterocycles. The van der Waals surface area contributed by atoms with Gasteiger partial charge < -0.3 is 15.5 Å². The maximum Gasteiger partial charge on any atom is 0.317 e. The van der Waals surface area contributed by atoms with E-state index in [-0.39, 0.29) is 17.8 Å². The van der Waals surface area contributed by atoms with Gasteiger partial charge in [-0.05, 0) is 36.5 Å². The zero-order chi connectivity index (χ0) is 18.4. The van der Waals surface area contributed by atoms with Crippen molar-refractivity contribution in [1.82, 2.24) is 15.5 Å². The monoisotopic (exact) mass is 349 g/mol. The van der Waals surface area contributed by atoms with Gasteiger partial charge in [0.1, 0.15) is 5.82 Å². The van der Waals surface area contributed by atoms with Crippen LogP contribution in [-0.2, 0) is 11.3 Å². The van der Waals surface area contributed by atoms with Crippen LogP contribution in [0.1, 0.15) is 39.2 Å². The molecule has 1 heterocycles. The molecule has 1 fully saturated rings. The number of hydrogen-bond acceptors (Lipinski definition) is 2. The van der Waals surface area contributed by atoms with Gasteiger partial charge in [-0.2, -0.15) is 0 Å². The number of piperidine rings is 1. The zero-order valence-electron chi connectivity index (χ0n) is 15.3. The van der Waals surface area contributed by atoms with E-state index in [2.05, 4.69) is 24.5 Å². The summed E-state index contributed by atoms with van der Waals surface area (Å²) < 4.78 is 12.9. The Labute approximate surface area is 149 Å². The first-order valence-corrected chi connectivity index (χ1v) is 8.86. The van der Waals surface area contributed by atoms with Gasteiger partial charge in [-0.15, -0.1) is 0 Å². The van der Waals surface area contributed by atoms with E-state index in [1.54, 1.807) is 17.0 Å². The fraction of sp³-hybridized carbons (Fsp3) is 0.579. The molecule has 2 rings (SSSR count). The van der Waals surface area contributed by atoms with E-state index in [9.17, 15) is 14.0 Å². The lowest BCUT2D eigenvalue weighted by atomic mass is 9.79. The molecular weight excluding hydrogens is 321 g/mol. The molecule has 1 aliphatic heterocycles. The summed E-state index contributed by atoms with van der Waals surface area (Å²) in [6.45, 7) is 8.24. The van der Waals surface area contributed by atoms with Crippen molar-refractivity contribution in [2.75, 3.05) is 19.6 Å². The number of carbonyl (C=O) groups excluding carboxylic acids is 2. The van der Waals surface area contributed by atoms with Crippen molar-refractivity contribution in [3.05, 3.63) is 35.6 Å². The summed E-state index contributed by atoms with van der Waals surface area (Å²) in [5.41, 5.74) is 0.387. The predicted octanol–water partition coefficient (Wildman–Crippen LogP) is 2.91. The second kappa shape index (κ2) is 8.32. The Morgan fingerprint density at radius 1 is 1.16 bits per heavy atom. The third kappa shape index (κ3) is 5.44. The smallest absolute Gasteiger partial charge is 0.317 e. The van der Waals surface area contributed by atoms with Gasteiger partial charge in [0, 0.05) is 31.6 Å². The number of likely N-dealkylation sites (tertiary alicyclic amines) is 1. The molecule has 0 saturated carbocycles. The number of benzene rings is 1. The minimum absolute atomic E-state index is 0.0148. The maximum absolute atomic E-state index is 12.9. The normalized spacial score (nSPS) is 16.6. The van der Waals surface area contributed by atoms with E-state index < -0.39 is 5.41 Å². The van der Waals surface area contributed by atoms with Crippen LogP contribution in [0.25, 0.3) is 0 Å². The first kappa shape index (κ1) is 19.2. The van der Waals surface area contributed by atoms with Crippen LogP contribution in [0.2, 0.25) is 0 Å². The van der Waals surface area contributed by atoms with Crippen molar-refractivity contribution in [3.8, 4) is 0 Å². The summed E-state index contributed by atoms with van der Waals surface area (Å²) in [5.74, 6) is 0.112. The molecule has 2 N–H and O–H groups in total. The van der Waals surface area contributed by atoms with Crippen LogP contribution >= 0.6 is 0 Å². The van der Waals surface area contributed by atoms with Gasteiger partial charge in [-0.3, -0.25) is 4.79 Å². The number of urea groups is 1. The van der Waals surface area contributed by atoms with Crippen molar-refractivity contribution in [3.63, 3.8) is 0 Å². The molecule has 1 aliphatic rings. The highest BCUT2D eigenvalue weighted by Gasteiger charge is 2.37. The molecule has 6 heteroatoms. The van der Waals surface area contributed by atoms with E-state index in [0.29, 0.717) is 44.9 Å². The van der Waals surface area contributed by atoms with Crippen LogP contribution in [0.4, 0.5) is 9.18 Å². The second-order valence-electron chi connectivity index (χ2n) is 7.44. The van der Waals surface area contributed by atoms with Crippen LogP contribution in [-0.4, -0.2) is 36.5 Å². The van der Waals surface area contributed by atoms with E-state index >= 15 is 0 Å². The summed E-state index contributed by atoms with van der Waals surface area (Å²) in [6, 6.07) is 6.05. The average Bonchev–Trinajstić information content (AvgIpc) is 2.59. The van der Waals surface area contributed by atoms with Crippen molar-refractivity contribution in [2.24, 2.45) is 11.3 Å². The Hall–Kier alpha value is -2.11. The summed E-state index contributed by atoms with van der Waals surface area (Å²) in [6.07, 6.45) is 1.27. The largest absolute Gasteiger partial charge is 0.352 e. The lowest BCUT2D eigenvalue weighted by molar-refractivity contribution is -0.132. The molecule has 5 nitrogen and oxygen atoms in total. The van der Waals surface area contributed by atoms with Gasteiger partial charge in [0.05, 0.1) is 0 Å². The first-order valence-electron chi connectivity index (χ1n) is 8.86. The maximum atomic E-state index is 12.9. The number of amides is 3. The van der Waals surface area contributed by atoms with Gasteiger partial charge in [-0.25, -0.2) is 9.18 Å². The van der Waals surface area contributed by atoms with Crippen molar-refractivity contribution < 1.29 is 14.0 Å². The molecule has 0 radical (unpaired) electrons. The Bertz CT molecular complexity index is 593. The van der Waals surface area contributed by atoms with Gasteiger partial charge in [0.25, 0.3) is 0 Å². The Morgan fingerprint density at radius 2 is 1.76 bits per heavy atom. The van der Waals surface area contributed by atoms with E-state index in [0.717, 1.165) is 5.56 Å². The Kier molecular flexibility index (Phi) is 6.39. The highest BCUT2D eigenvalue weighted by atomic mass is 19.1. The van der Waals surface area contributed by atoms with Gasteiger partial charge in [0.2, 0.25) is 5.91 Å². The van der Waals surface area contributed by atoms with Crippen LogP contribution in [0.5, 0.6) is 0 Å². The quantitative estimate of drug-likeness (QED) is 0.859. The fourth-order valence-electron chi connectivity index (χ4n) is 2.83. The van der Waals surface area contributed by atoms with Gasteiger partial charge in [-0.1, -0.05) is 32.9 Å². The molecule has 1 aromatic carbocycles. The molecule has 1 aromatic rings. The topological polar surface area (TPSA) is 61.4 Å². The van der Waals surface area contributed by atoms with E-state index in [4.69, 9.17) is 0 Å². The van der Waals surface area contributed by atoms with Crippen LogP contribution < -0.4 is 10.6 Å². The molecule has 3 amide bonds. The molecule has 0 unspecified atom stereocenters. The molecule has 0 bridgehead atoms. The second-order valence-corrected chi connectivity index (χ2v) is 7.44. The fourth-order valence-corrected chi connectivity index (χ4v) is 2.83. The Morgan fingerprint density at radius 3 is 2.32 bits per heavy atom. The summed E-state index contributed by atoms with van der Waals surface area (Å²) >= 11 is 0. The minimum Gasteiger partial charge on any atom is -0.352 e. The van der Waals surface area contributed by atoms with Crippen LogP contribution in [0.3, 0.4) is 0 Å². The van der Waals surface area contributed by atoms with Gasteiger partial charge in [0.15, 0.2) is 0 Å². The molecule has 1 saturated heterocycles. The number of nitrogens with zero attached hydrogens (tertiary/aromatic N) is 1. The molecule has 25 heavy (non-hydrogen) atoms. The highest BCUT2D eigenvalue weighted by Crippen LogP contribution is 2.31. The van der Waals surface area contributed by atoms with E-state index in [1.165, 1.54) is 12.1 Å². The van der Waals surface area contributed by atoms with Crippen LogP contribution in [0, 0.1) is 17.2 Å². The zero-order valence-corrected chi connectivity index (χ0v) is 15.3. The third-order valence-corrected chi connectivity index (χ3v) is 4.73. The molecule has 0 spiro atoms. The number of nitrogens with one attached hydrogen (secondary N) is 2. The molecular formula is C19H28FN3O2. The molecule has 138 valence electrons. The summed E-state index contributed by atoms with van der Waals surface area (Å²) in [7, 11) is 0. The summed E-state index contributed by atoms with van der Waals surface area (Å²) in [5, 5.41) is 5.85. The number of hydrogen-bond donors (Lipinski definition) is 2. The van der Waals surface area contributed by atoms with Crippen molar-refractivity contribution in [1.29, 1.82) is 0 Å². The average molecular weight is 349 g/mol. The third-order valence-electron chi connectivity index (χ3n) is 4.73. The SMILES string of the molecule is CC(C)CNC(=O)N1CCC(C)(C(=O)NCc2ccc(F)cc2)CC1. The van der Waals surface area contributed by atoms with Crippen molar-refractivity contribution in [2.45, 2.75) is 40.2 Å². The predicted molar refractivity (Wildman–Crippen MR) is 95.4 cm³/mol. The Balaban J connectivity index is 1.81. The first-order chi connectivity index (χ1) is 11.8. The van der Waals surface area contributed by atoms with Crippen molar-refractivity contribution >= 4 is 11.9 Å². The van der Waals surface area contributed by atoms with E-state index in [1.807, 2.05) is 6.92 Å². The lowest BCUT2D eigenvalue weighted by Gasteiger charge is -2.38. The number of halogens is 1. The minimum atomic E-state index is -0.477. The standard InChI is InChI=1S/C19H28FN3O2/c1-14(2)12-22-18(25)23-10-8-19(3,9-11-23)17(24)21-13-15-4-6-16(20)7-5-15/h4-7,14H,8-13H2,1-3H3,(H,21,24)(H,22,25). The molecule has 0 aliphatic carbocycles. The number of carbonyl (C=O) groups is 2.